The summed E-state index contributed by atoms with van der Waals surface area (Å²) >= 11 is 0. The molecule has 2 aromatic carbocycles. The Morgan fingerprint density at radius 1 is 1.06 bits per heavy atom. The number of methoxy groups -OCH3 is 1. The predicted octanol–water partition coefficient (Wildman–Crippen LogP) is 2.91. The van der Waals surface area contributed by atoms with Gasteiger partial charge in [-0.2, -0.15) is 0 Å². The summed E-state index contributed by atoms with van der Waals surface area (Å²) < 4.78 is 10.6. The highest BCUT2D eigenvalue weighted by Gasteiger charge is 2.49. The van der Waals surface area contributed by atoms with Gasteiger partial charge in [-0.25, -0.2) is 9.59 Å². The maximum absolute atomic E-state index is 12.8. The van der Waals surface area contributed by atoms with Gasteiger partial charge in [0.1, 0.15) is 18.2 Å². The van der Waals surface area contributed by atoms with Crippen molar-refractivity contribution in [2.24, 2.45) is 5.92 Å². The molecule has 0 spiro atoms. The number of carbonyl (C=O) groups is 3. The van der Waals surface area contributed by atoms with Gasteiger partial charge in [-0.05, 0) is 47.9 Å². The molecule has 2 amide bonds. The molecule has 0 aliphatic heterocycles. The van der Waals surface area contributed by atoms with Crippen LogP contribution in [0.3, 0.4) is 0 Å². The molecule has 4 rings (SSSR count). The summed E-state index contributed by atoms with van der Waals surface area (Å²) in [6.07, 6.45) is 0.702. The van der Waals surface area contributed by atoms with E-state index in [1.54, 1.807) is 0 Å². The minimum atomic E-state index is -1.38. The minimum absolute atomic E-state index is 0.107. The smallest absolute Gasteiger partial charge is 0.407 e. The van der Waals surface area contributed by atoms with Gasteiger partial charge >= 0.3 is 12.1 Å². The quantitative estimate of drug-likeness (QED) is 0.539. The number of ether oxygens (including phenoxy) is 2. The van der Waals surface area contributed by atoms with E-state index in [9.17, 15) is 19.5 Å². The third kappa shape index (κ3) is 4.57. The fourth-order valence-corrected chi connectivity index (χ4v) is 4.47. The monoisotopic (exact) mass is 452 g/mol. The van der Waals surface area contributed by atoms with E-state index in [1.165, 1.54) is 14.0 Å². The number of aliphatic carboxylic acids is 1. The summed E-state index contributed by atoms with van der Waals surface area (Å²) in [7, 11) is 1.40. The number of rotatable bonds is 9. The summed E-state index contributed by atoms with van der Waals surface area (Å²) in [5, 5.41) is 14.7. The maximum Gasteiger partial charge on any atom is 0.407 e. The number of carbonyl (C=O) groups excluding carboxylic acids is 2. The first-order chi connectivity index (χ1) is 15.8. The molecule has 1 saturated carbocycles. The average Bonchev–Trinajstić information content (AvgIpc) is 3.61. The van der Waals surface area contributed by atoms with Crippen LogP contribution in [0.15, 0.2) is 48.5 Å². The van der Waals surface area contributed by atoms with Gasteiger partial charge in [-0.15, -0.1) is 0 Å². The van der Waals surface area contributed by atoms with E-state index in [0.29, 0.717) is 0 Å². The number of fused-ring (bicyclic) bond motifs is 3. The van der Waals surface area contributed by atoms with E-state index in [-0.39, 0.29) is 25.0 Å². The summed E-state index contributed by atoms with van der Waals surface area (Å²) in [6, 6.07) is 14.9. The van der Waals surface area contributed by atoms with Crippen molar-refractivity contribution in [3.63, 3.8) is 0 Å². The lowest BCUT2D eigenvalue weighted by atomic mass is 9.95. The first kappa shape index (κ1) is 22.8. The van der Waals surface area contributed by atoms with Crippen LogP contribution < -0.4 is 10.6 Å². The number of hydrogen-bond acceptors (Lipinski definition) is 5. The van der Waals surface area contributed by atoms with E-state index in [4.69, 9.17) is 9.47 Å². The standard InChI is InChI=1S/C25H28N2O6/c1-25(23(29)30,15-11-12-15)27-22(28)21(14-32-2)26-24(31)33-13-20-18-9-5-3-7-16(18)17-8-4-6-10-19(17)20/h3-10,15,20-21H,11-14H2,1-2H3,(H,26,31)(H,27,28)(H,29,30). The van der Waals surface area contributed by atoms with Crippen LogP contribution >= 0.6 is 0 Å². The minimum Gasteiger partial charge on any atom is -0.480 e. The topological polar surface area (TPSA) is 114 Å². The number of amides is 2. The zero-order chi connectivity index (χ0) is 23.6. The molecule has 2 unspecified atom stereocenters. The highest BCUT2D eigenvalue weighted by molar-refractivity contribution is 5.91. The van der Waals surface area contributed by atoms with Crippen molar-refractivity contribution in [1.29, 1.82) is 0 Å². The Labute approximate surface area is 192 Å². The molecule has 33 heavy (non-hydrogen) atoms. The Morgan fingerprint density at radius 2 is 1.64 bits per heavy atom. The Bertz CT molecular complexity index is 1020. The molecule has 2 atom stereocenters. The van der Waals surface area contributed by atoms with Crippen LogP contribution in [0, 0.1) is 5.92 Å². The fourth-order valence-electron chi connectivity index (χ4n) is 4.47. The van der Waals surface area contributed by atoms with Crippen LogP contribution in [0.5, 0.6) is 0 Å². The van der Waals surface area contributed by atoms with Crippen LogP contribution in [0.4, 0.5) is 4.79 Å². The highest BCUT2D eigenvalue weighted by atomic mass is 16.5. The first-order valence-electron chi connectivity index (χ1n) is 11.0. The first-order valence-corrected chi connectivity index (χ1v) is 11.0. The molecule has 0 heterocycles. The van der Waals surface area contributed by atoms with Crippen LogP contribution in [0.25, 0.3) is 11.1 Å². The molecule has 0 saturated heterocycles. The Kier molecular flexibility index (Phi) is 6.37. The predicted molar refractivity (Wildman–Crippen MR) is 121 cm³/mol. The summed E-state index contributed by atoms with van der Waals surface area (Å²) in [4.78, 5) is 37.1. The fraction of sp³-hybridized carbons (Fsp3) is 0.400. The summed E-state index contributed by atoms with van der Waals surface area (Å²) in [5.74, 6) is -1.96. The molecule has 1 fully saturated rings. The Hall–Kier alpha value is -3.39. The van der Waals surface area contributed by atoms with Crippen molar-refractivity contribution in [3.8, 4) is 11.1 Å². The number of benzene rings is 2. The highest BCUT2D eigenvalue weighted by Crippen LogP contribution is 2.44. The molecule has 2 aromatic rings. The molecule has 174 valence electrons. The van der Waals surface area contributed by atoms with Crippen LogP contribution in [-0.4, -0.2) is 55.0 Å². The van der Waals surface area contributed by atoms with E-state index in [0.717, 1.165) is 35.1 Å². The number of alkyl carbamates (subject to hydrolysis) is 1. The van der Waals surface area contributed by atoms with Crippen LogP contribution in [-0.2, 0) is 19.1 Å². The normalized spacial score (nSPS) is 17.3. The summed E-state index contributed by atoms with van der Waals surface area (Å²) in [6.45, 7) is 1.48. The number of nitrogens with one attached hydrogen (secondary N) is 2. The Morgan fingerprint density at radius 3 is 2.15 bits per heavy atom. The summed E-state index contributed by atoms with van der Waals surface area (Å²) in [5.41, 5.74) is 3.02. The van der Waals surface area contributed by atoms with Gasteiger partial charge in [0.2, 0.25) is 5.91 Å². The van der Waals surface area contributed by atoms with E-state index < -0.39 is 29.6 Å². The molecule has 0 aromatic heterocycles. The van der Waals surface area contributed by atoms with Gasteiger partial charge < -0.3 is 25.2 Å². The maximum atomic E-state index is 12.8. The lowest BCUT2D eigenvalue weighted by molar-refractivity contribution is -0.148. The number of hydrogen-bond donors (Lipinski definition) is 3. The largest absolute Gasteiger partial charge is 0.480 e. The lowest BCUT2D eigenvalue weighted by Gasteiger charge is -2.28. The second-order valence-electron chi connectivity index (χ2n) is 8.75. The molecule has 8 nitrogen and oxygen atoms in total. The van der Waals surface area contributed by atoms with E-state index >= 15 is 0 Å². The lowest BCUT2D eigenvalue weighted by Crippen LogP contribution is -2.60. The van der Waals surface area contributed by atoms with Gasteiger partial charge in [0.15, 0.2) is 0 Å². The van der Waals surface area contributed by atoms with Crippen molar-refractivity contribution in [3.05, 3.63) is 59.7 Å². The SMILES string of the molecule is COCC(NC(=O)OCC1c2ccccc2-c2ccccc21)C(=O)NC(C)(C(=O)O)C1CC1. The van der Waals surface area contributed by atoms with Crippen molar-refractivity contribution >= 4 is 18.0 Å². The third-order valence-electron chi connectivity index (χ3n) is 6.51. The van der Waals surface area contributed by atoms with E-state index in [1.807, 2.05) is 48.5 Å². The van der Waals surface area contributed by atoms with Gasteiger partial charge in [0.25, 0.3) is 0 Å². The van der Waals surface area contributed by atoms with Crippen molar-refractivity contribution < 1.29 is 29.0 Å². The Balaban J connectivity index is 1.41. The molecule has 2 aliphatic carbocycles. The van der Waals surface area contributed by atoms with Crippen molar-refractivity contribution in [2.45, 2.75) is 37.3 Å². The average molecular weight is 453 g/mol. The molecular weight excluding hydrogens is 424 g/mol. The third-order valence-corrected chi connectivity index (χ3v) is 6.51. The second kappa shape index (κ2) is 9.23. The zero-order valence-electron chi connectivity index (χ0n) is 18.7. The van der Waals surface area contributed by atoms with Gasteiger partial charge in [-0.1, -0.05) is 48.5 Å². The zero-order valence-corrected chi connectivity index (χ0v) is 18.7. The number of carboxylic acid groups (broad SMARTS) is 1. The molecule has 3 N–H and O–H groups in total. The van der Waals surface area contributed by atoms with Crippen LogP contribution in [0.1, 0.15) is 36.8 Å². The van der Waals surface area contributed by atoms with Gasteiger partial charge in [-0.3, -0.25) is 4.79 Å². The van der Waals surface area contributed by atoms with Crippen molar-refractivity contribution in [1.82, 2.24) is 10.6 Å². The number of carboxylic acids is 1. The second-order valence-corrected chi connectivity index (χ2v) is 8.75. The van der Waals surface area contributed by atoms with Gasteiger partial charge in [0, 0.05) is 13.0 Å². The molecular formula is C25H28N2O6. The van der Waals surface area contributed by atoms with Crippen LogP contribution in [0.2, 0.25) is 0 Å². The molecule has 2 aliphatic rings. The molecule has 8 heteroatoms. The molecule has 0 bridgehead atoms. The van der Waals surface area contributed by atoms with Gasteiger partial charge in [0.05, 0.1) is 6.61 Å². The van der Waals surface area contributed by atoms with Crippen molar-refractivity contribution in [2.75, 3.05) is 20.3 Å². The molecule has 0 radical (unpaired) electrons. The van der Waals surface area contributed by atoms with E-state index in [2.05, 4.69) is 10.6 Å².